The van der Waals surface area contributed by atoms with Gasteiger partial charge < -0.3 is 15.2 Å². The molecule has 0 heterocycles. The Kier molecular flexibility index (Phi) is 5.97. The van der Waals surface area contributed by atoms with E-state index < -0.39 is 6.10 Å². The second kappa shape index (κ2) is 7.27. The number of hydrogen-bond donors (Lipinski definition) is 2. The van der Waals surface area contributed by atoms with E-state index in [9.17, 15) is 14.7 Å². The molecule has 5 nitrogen and oxygen atoms in total. The Morgan fingerprint density at radius 1 is 1.29 bits per heavy atom. The average molecular weight is 243 g/mol. The van der Waals surface area contributed by atoms with E-state index in [0.717, 1.165) is 25.7 Å². The Labute approximate surface area is 102 Å². The van der Waals surface area contributed by atoms with Gasteiger partial charge in [0.05, 0.1) is 25.2 Å². The monoisotopic (exact) mass is 243 g/mol. The first-order valence-corrected chi connectivity index (χ1v) is 6.26. The lowest BCUT2D eigenvalue weighted by Gasteiger charge is -2.28. The van der Waals surface area contributed by atoms with E-state index in [1.807, 2.05) is 0 Å². The summed E-state index contributed by atoms with van der Waals surface area (Å²) in [6.07, 6.45) is 3.37. The van der Waals surface area contributed by atoms with Crippen molar-refractivity contribution in [3.63, 3.8) is 0 Å². The summed E-state index contributed by atoms with van der Waals surface area (Å²) in [6, 6.07) is -0.154. The van der Waals surface area contributed by atoms with Gasteiger partial charge in [-0.05, 0) is 19.8 Å². The number of aliphatic hydroxyl groups is 1. The van der Waals surface area contributed by atoms with Gasteiger partial charge in [0.15, 0.2) is 0 Å². The molecule has 98 valence electrons. The Morgan fingerprint density at radius 3 is 2.65 bits per heavy atom. The molecular weight excluding hydrogens is 222 g/mol. The van der Waals surface area contributed by atoms with Gasteiger partial charge in [0, 0.05) is 6.42 Å². The van der Waals surface area contributed by atoms with Crippen LogP contribution in [-0.2, 0) is 14.3 Å². The van der Waals surface area contributed by atoms with Crippen LogP contribution in [0.2, 0.25) is 0 Å². The molecule has 0 saturated heterocycles. The molecule has 5 heteroatoms. The quantitative estimate of drug-likeness (QED) is 0.699. The molecule has 1 amide bonds. The summed E-state index contributed by atoms with van der Waals surface area (Å²) in [5, 5.41) is 12.4. The van der Waals surface area contributed by atoms with Crippen molar-refractivity contribution in [2.24, 2.45) is 0 Å². The summed E-state index contributed by atoms with van der Waals surface area (Å²) in [7, 11) is 0. The number of ether oxygens (including phenoxy) is 1. The van der Waals surface area contributed by atoms with Crippen molar-refractivity contribution in [2.75, 3.05) is 6.61 Å². The Hall–Kier alpha value is -1.10. The highest BCUT2D eigenvalue weighted by Gasteiger charge is 2.24. The van der Waals surface area contributed by atoms with Crippen LogP contribution in [0.15, 0.2) is 0 Å². The molecule has 1 aliphatic carbocycles. The molecule has 1 saturated carbocycles. The fourth-order valence-electron chi connectivity index (χ4n) is 2.01. The molecule has 2 N–H and O–H groups in total. The summed E-state index contributed by atoms with van der Waals surface area (Å²) < 4.78 is 4.74. The molecule has 1 fully saturated rings. The van der Waals surface area contributed by atoms with Crippen LogP contribution >= 0.6 is 0 Å². The fourth-order valence-corrected chi connectivity index (χ4v) is 2.01. The molecule has 2 atom stereocenters. The number of amides is 1. The van der Waals surface area contributed by atoms with Crippen LogP contribution in [0.5, 0.6) is 0 Å². The zero-order chi connectivity index (χ0) is 12.7. The van der Waals surface area contributed by atoms with Crippen molar-refractivity contribution >= 4 is 11.9 Å². The van der Waals surface area contributed by atoms with E-state index in [1.165, 1.54) is 0 Å². The van der Waals surface area contributed by atoms with Crippen molar-refractivity contribution in [3.05, 3.63) is 0 Å². The second-order valence-electron chi connectivity index (χ2n) is 4.33. The first-order chi connectivity index (χ1) is 8.13. The van der Waals surface area contributed by atoms with E-state index in [0.29, 0.717) is 6.61 Å². The molecular formula is C12H21NO4. The zero-order valence-electron chi connectivity index (χ0n) is 10.3. The van der Waals surface area contributed by atoms with Crippen LogP contribution < -0.4 is 5.32 Å². The molecule has 0 bridgehead atoms. The maximum Gasteiger partial charge on any atom is 0.306 e. The number of rotatable bonds is 5. The van der Waals surface area contributed by atoms with Crippen LogP contribution in [-0.4, -0.2) is 35.7 Å². The maximum absolute atomic E-state index is 11.5. The highest BCUT2D eigenvalue weighted by Crippen LogP contribution is 2.18. The Balaban J connectivity index is 2.22. The average Bonchev–Trinajstić information content (AvgIpc) is 2.30. The lowest BCUT2D eigenvalue weighted by Crippen LogP contribution is -2.45. The van der Waals surface area contributed by atoms with Crippen LogP contribution in [0.4, 0.5) is 0 Å². The summed E-state index contributed by atoms with van der Waals surface area (Å²) in [5.74, 6) is -0.546. The largest absolute Gasteiger partial charge is 0.466 e. The first-order valence-electron chi connectivity index (χ1n) is 6.26. The van der Waals surface area contributed by atoms with Crippen molar-refractivity contribution < 1.29 is 19.4 Å². The fraction of sp³-hybridized carbons (Fsp3) is 0.833. The standard InChI is InChI=1S/C12H21NO4/c1-2-17-12(16)8-7-11(15)13-9-5-3-4-6-10(9)14/h9-10,14H,2-8H2,1H3,(H,13,15)/t9-,10-/m1/s1. The number of hydrogen-bond acceptors (Lipinski definition) is 4. The minimum atomic E-state index is -0.449. The summed E-state index contributed by atoms with van der Waals surface area (Å²) in [5.41, 5.74) is 0. The predicted octanol–water partition coefficient (Wildman–Crippen LogP) is 0.749. The van der Waals surface area contributed by atoms with Gasteiger partial charge in [0.2, 0.25) is 5.91 Å². The minimum absolute atomic E-state index is 0.0997. The second-order valence-corrected chi connectivity index (χ2v) is 4.33. The van der Waals surface area contributed by atoms with Crippen molar-refractivity contribution in [1.29, 1.82) is 0 Å². The molecule has 0 spiro atoms. The van der Waals surface area contributed by atoms with E-state index >= 15 is 0 Å². The summed E-state index contributed by atoms with van der Waals surface area (Å²) in [6.45, 7) is 2.07. The lowest BCUT2D eigenvalue weighted by molar-refractivity contribution is -0.144. The third kappa shape index (κ3) is 5.17. The third-order valence-electron chi connectivity index (χ3n) is 2.94. The van der Waals surface area contributed by atoms with Gasteiger partial charge in [-0.1, -0.05) is 12.8 Å². The Morgan fingerprint density at radius 2 is 2.00 bits per heavy atom. The smallest absolute Gasteiger partial charge is 0.306 e. The number of carbonyl (C=O) groups excluding carboxylic acids is 2. The Bertz CT molecular complexity index is 267. The molecule has 17 heavy (non-hydrogen) atoms. The highest BCUT2D eigenvalue weighted by atomic mass is 16.5. The minimum Gasteiger partial charge on any atom is -0.466 e. The number of aliphatic hydroxyl groups excluding tert-OH is 1. The normalized spacial score (nSPS) is 24.1. The van der Waals surface area contributed by atoms with E-state index in [2.05, 4.69) is 5.32 Å². The zero-order valence-corrected chi connectivity index (χ0v) is 10.3. The first kappa shape index (κ1) is 14.0. The molecule has 0 aliphatic heterocycles. The SMILES string of the molecule is CCOC(=O)CCC(=O)N[C@@H]1CCCC[C@H]1O. The molecule has 0 aromatic carbocycles. The van der Waals surface area contributed by atoms with E-state index in [-0.39, 0.29) is 30.8 Å². The number of carbonyl (C=O) groups is 2. The van der Waals surface area contributed by atoms with Crippen LogP contribution in [0, 0.1) is 0 Å². The molecule has 1 aliphatic rings. The summed E-state index contributed by atoms with van der Waals surface area (Å²) in [4.78, 5) is 22.6. The van der Waals surface area contributed by atoms with Gasteiger partial charge in [-0.3, -0.25) is 9.59 Å². The van der Waals surface area contributed by atoms with Gasteiger partial charge in [-0.15, -0.1) is 0 Å². The molecule has 1 rings (SSSR count). The van der Waals surface area contributed by atoms with E-state index in [1.54, 1.807) is 6.92 Å². The summed E-state index contributed by atoms with van der Waals surface area (Å²) >= 11 is 0. The number of esters is 1. The molecule has 0 aromatic heterocycles. The van der Waals surface area contributed by atoms with Gasteiger partial charge in [-0.2, -0.15) is 0 Å². The highest BCUT2D eigenvalue weighted by molar-refractivity contribution is 5.81. The van der Waals surface area contributed by atoms with Crippen LogP contribution in [0.1, 0.15) is 45.4 Å². The number of nitrogens with one attached hydrogen (secondary N) is 1. The maximum atomic E-state index is 11.5. The van der Waals surface area contributed by atoms with Gasteiger partial charge >= 0.3 is 5.97 Å². The van der Waals surface area contributed by atoms with Crippen LogP contribution in [0.3, 0.4) is 0 Å². The predicted molar refractivity (Wildman–Crippen MR) is 62.3 cm³/mol. The van der Waals surface area contributed by atoms with Gasteiger partial charge in [0.25, 0.3) is 0 Å². The van der Waals surface area contributed by atoms with Crippen molar-refractivity contribution in [1.82, 2.24) is 5.32 Å². The van der Waals surface area contributed by atoms with Crippen LogP contribution in [0.25, 0.3) is 0 Å². The topological polar surface area (TPSA) is 75.6 Å². The molecule has 0 aromatic rings. The van der Waals surface area contributed by atoms with Crippen molar-refractivity contribution in [2.45, 2.75) is 57.6 Å². The van der Waals surface area contributed by atoms with E-state index in [4.69, 9.17) is 4.74 Å². The van der Waals surface area contributed by atoms with Gasteiger partial charge in [-0.25, -0.2) is 0 Å². The third-order valence-corrected chi connectivity index (χ3v) is 2.94. The molecule has 0 radical (unpaired) electrons. The lowest BCUT2D eigenvalue weighted by atomic mass is 9.92. The molecule has 0 unspecified atom stereocenters. The van der Waals surface area contributed by atoms with Gasteiger partial charge in [0.1, 0.15) is 0 Å². The van der Waals surface area contributed by atoms with Crippen molar-refractivity contribution in [3.8, 4) is 0 Å².